The predicted octanol–water partition coefficient (Wildman–Crippen LogP) is 8.37. The van der Waals surface area contributed by atoms with E-state index in [0.29, 0.717) is 12.8 Å². The van der Waals surface area contributed by atoms with Crippen LogP contribution in [-0.2, 0) is 20.4 Å². The molecule has 2 aliphatic rings. The Morgan fingerprint density at radius 1 is 0.791 bits per heavy atom. The van der Waals surface area contributed by atoms with Crippen molar-refractivity contribution in [3.05, 3.63) is 83.6 Å². The Bertz CT molecular complexity index is 1410. The van der Waals surface area contributed by atoms with E-state index in [9.17, 15) is 9.59 Å². The van der Waals surface area contributed by atoms with Crippen LogP contribution in [0.2, 0.25) is 0 Å². The van der Waals surface area contributed by atoms with Crippen LogP contribution in [0.3, 0.4) is 0 Å². The van der Waals surface area contributed by atoms with Crippen LogP contribution in [0.1, 0.15) is 103 Å². The Morgan fingerprint density at radius 2 is 1.37 bits per heavy atom. The van der Waals surface area contributed by atoms with Crippen LogP contribution < -0.4 is 4.90 Å². The Morgan fingerprint density at radius 3 is 1.98 bits per heavy atom. The van der Waals surface area contributed by atoms with Crippen LogP contribution >= 0.6 is 0 Å². The van der Waals surface area contributed by atoms with Crippen molar-refractivity contribution in [1.82, 2.24) is 0 Å². The van der Waals surface area contributed by atoms with Crippen molar-refractivity contribution in [2.75, 3.05) is 18.0 Å². The number of unbranched alkanes of at least 4 members (excludes halogenated alkanes) is 4. The molecule has 2 aromatic carbocycles. The van der Waals surface area contributed by atoms with Crippen LogP contribution in [0.15, 0.2) is 72.5 Å². The van der Waals surface area contributed by atoms with Gasteiger partial charge in [0.2, 0.25) is 5.69 Å². The van der Waals surface area contributed by atoms with Gasteiger partial charge >= 0.3 is 11.9 Å². The molecule has 43 heavy (non-hydrogen) atoms. The van der Waals surface area contributed by atoms with Gasteiger partial charge in [0.25, 0.3) is 0 Å². The first-order valence-electron chi connectivity index (χ1n) is 16.1. The number of aliphatic carboxylic acids is 2. The topological polar surface area (TPSA) is 80.8 Å². The molecular formula is C37H49N2O4+. The molecule has 2 unspecified atom stereocenters. The average molecular weight is 586 g/mol. The zero-order valence-corrected chi connectivity index (χ0v) is 26.4. The number of likely N-dealkylation sites (N-methyl/N-ethyl adjacent to an activating group) is 1. The number of benzene rings is 2. The molecule has 0 bridgehead atoms. The zero-order valence-electron chi connectivity index (χ0n) is 26.4. The van der Waals surface area contributed by atoms with E-state index in [1.54, 1.807) is 0 Å². The van der Waals surface area contributed by atoms with E-state index in [-0.39, 0.29) is 23.7 Å². The third-order valence-corrected chi connectivity index (χ3v) is 9.57. The van der Waals surface area contributed by atoms with E-state index >= 15 is 0 Å². The van der Waals surface area contributed by atoms with Gasteiger partial charge in [0, 0.05) is 53.9 Å². The average Bonchev–Trinajstić information content (AvgIpc) is 3.37. The molecule has 0 amide bonds. The number of fused-ring (bicyclic) bond motifs is 2. The third kappa shape index (κ3) is 6.79. The molecule has 0 radical (unpaired) electrons. The Kier molecular flexibility index (Phi) is 10.6. The summed E-state index contributed by atoms with van der Waals surface area (Å²) in [5.74, 6) is -1.44. The number of anilines is 1. The second kappa shape index (κ2) is 14.2. The smallest absolute Gasteiger partial charge is 0.303 e. The lowest BCUT2D eigenvalue weighted by atomic mass is 9.75. The maximum Gasteiger partial charge on any atom is 0.303 e. The van der Waals surface area contributed by atoms with Crippen LogP contribution in [0.5, 0.6) is 0 Å². The number of carboxylic acids is 2. The van der Waals surface area contributed by atoms with Crippen LogP contribution in [-0.4, -0.2) is 45.5 Å². The minimum absolute atomic E-state index is 0.151. The molecule has 2 N–H and O–H groups in total. The Balaban J connectivity index is 1.65. The fraction of sp³-hybridized carbons (Fsp3) is 0.486. The fourth-order valence-electron chi connectivity index (χ4n) is 7.33. The van der Waals surface area contributed by atoms with E-state index < -0.39 is 11.9 Å². The predicted molar refractivity (Wildman–Crippen MR) is 175 cm³/mol. The highest BCUT2D eigenvalue weighted by molar-refractivity contribution is 6.03. The maximum absolute atomic E-state index is 11.0. The molecule has 4 rings (SSSR count). The van der Waals surface area contributed by atoms with Crippen molar-refractivity contribution in [3.63, 3.8) is 0 Å². The summed E-state index contributed by atoms with van der Waals surface area (Å²) in [6.45, 7) is 10.9. The van der Waals surface area contributed by atoms with E-state index in [1.165, 1.54) is 33.9 Å². The lowest BCUT2D eigenvalue weighted by Crippen LogP contribution is -2.31. The summed E-state index contributed by atoms with van der Waals surface area (Å²) in [4.78, 5) is 24.5. The molecule has 2 aliphatic heterocycles. The van der Waals surface area contributed by atoms with Gasteiger partial charge in [-0.15, -0.1) is 0 Å². The van der Waals surface area contributed by atoms with Crippen LogP contribution in [0, 0.1) is 0 Å². The standard InChI is InChI=1S/C37H48N2O4/c1-5-38-30-20-13-11-18-28(30)36(3,26-15-7-9-24-34(40)41)32(38)22-17-23-33-37(4,27-16-8-10-25-35(42)43)29-19-12-14-21-31(29)39(33)6-2/h11-14,17-23H,5-10,15-16,24-27H2,1-4H3,(H-,40,41,42,43)/p+1. The van der Waals surface area contributed by atoms with Crippen LogP contribution in [0.4, 0.5) is 11.4 Å². The molecule has 0 spiro atoms. The van der Waals surface area contributed by atoms with Crippen molar-refractivity contribution in [1.29, 1.82) is 0 Å². The Hall–Kier alpha value is -3.67. The van der Waals surface area contributed by atoms with Gasteiger partial charge in [0.1, 0.15) is 6.54 Å². The van der Waals surface area contributed by atoms with Crippen molar-refractivity contribution < 1.29 is 24.4 Å². The number of rotatable bonds is 16. The normalized spacial score (nSPS) is 22.0. The maximum atomic E-state index is 11.0. The molecular weight excluding hydrogens is 536 g/mol. The monoisotopic (exact) mass is 585 g/mol. The molecule has 0 aromatic heterocycles. The van der Waals surface area contributed by atoms with Crippen LogP contribution in [0.25, 0.3) is 0 Å². The molecule has 0 saturated heterocycles. The molecule has 2 aromatic rings. The summed E-state index contributed by atoms with van der Waals surface area (Å²) in [7, 11) is 0. The van der Waals surface area contributed by atoms with Gasteiger partial charge < -0.3 is 15.1 Å². The number of hydrogen-bond donors (Lipinski definition) is 2. The van der Waals surface area contributed by atoms with E-state index in [1.807, 2.05) is 0 Å². The molecule has 230 valence electrons. The summed E-state index contributed by atoms with van der Waals surface area (Å²) in [6.07, 6.45) is 14.4. The minimum atomic E-state index is -0.722. The van der Waals surface area contributed by atoms with Gasteiger partial charge in [-0.05, 0) is 71.1 Å². The number of hydrogen-bond acceptors (Lipinski definition) is 3. The summed E-state index contributed by atoms with van der Waals surface area (Å²) < 4.78 is 2.43. The van der Waals surface area contributed by atoms with Crippen molar-refractivity contribution in [3.8, 4) is 0 Å². The molecule has 2 atom stereocenters. The molecule has 6 heteroatoms. The number of nitrogens with zero attached hydrogens (tertiary/aromatic N) is 2. The lowest BCUT2D eigenvalue weighted by Gasteiger charge is -2.30. The molecule has 2 heterocycles. The number of allylic oxidation sites excluding steroid dienone is 4. The first-order valence-corrected chi connectivity index (χ1v) is 16.1. The number of carbonyl (C=O) groups is 2. The highest BCUT2D eigenvalue weighted by Crippen LogP contribution is 2.50. The zero-order chi connectivity index (χ0) is 31.0. The highest BCUT2D eigenvalue weighted by atomic mass is 16.4. The molecule has 6 nitrogen and oxygen atoms in total. The summed E-state index contributed by atoms with van der Waals surface area (Å²) in [5, 5.41) is 18.1. The first-order chi connectivity index (χ1) is 20.7. The fourth-order valence-corrected chi connectivity index (χ4v) is 7.33. The van der Waals surface area contributed by atoms with Gasteiger partial charge in [-0.25, -0.2) is 0 Å². The molecule has 0 aliphatic carbocycles. The van der Waals surface area contributed by atoms with Gasteiger partial charge in [-0.3, -0.25) is 9.59 Å². The van der Waals surface area contributed by atoms with E-state index in [0.717, 1.165) is 51.6 Å². The van der Waals surface area contributed by atoms with Gasteiger partial charge in [0.15, 0.2) is 5.71 Å². The quantitative estimate of drug-likeness (QED) is 0.153. The van der Waals surface area contributed by atoms with Gasteiger partial charge in [-0.1, -0.05) is 68.2 Å². The summed E-state index contributed by atoms with van der Waals surface area (Å²) in [6, 6.07) is 17.4. The van der Waals surface area contributed by atoms with E-state index in [2.05, 4.69) is 104 Å². The van der Waals surface area contributed by atoms with Crippen molar-refractivity contribution in [2.45, 2.75) is 103 Å². The van der Waals surface area contributed by atoms with Crippen molar-refractivity contribution in [2.24, 2.45) is 0 Å². The summed E-state index contributed by atoms with van der Waals surface area (Å²) >= 11 is 0. The molecule has 0 fully saturated rings. The minimum Gasteiger partial charge on any atom is -0.481 e. The van der Waals surface area contributed by atoms with Gasteiger partial charge in [0.05, 0.1) is 5.41 Å². The third-order valence-electron chi connectivity index (χ3n) is 9.57. The van der Waals surface area contributed by atoms with Gasteiger partial charge in [-0.2, -0.15) is 4.58 Å². The largest absolute Gasteiger partial charge is 0.481 e. The second-order valence-electron chi connectivity index (χ2n) is 12.4. The van der Waals surface area contributed by atoms with Crippen molar-refractivity contribution >= 4 is 29.0 Å². The molecule has 0 saturated carbocycles. The highest BCUT2D eigenvalue weighted by Gasteiger charge is 2.47. The summed E-state index contributed by atoms with van der Waals surface area (Å²) in [5.41, 5.74) is 7.50. The first kappa shape index (κ1) is 32.2. The number of carboxylic acid groups (broad SMARTS) is 2. The Labute approximate surface area is 257 Å². The lowest BCUT2D eigenvalue weighted by molar-refractivity contribution is -0.433. The second-order valence-corrected chi connectivity index (χ2v) is 12.4. The SMILES string of the molecule is CCN1/C(=C/C=C/C2=[N+](CC)c3ccccc3C2(C)CCCCCC(=O)O)C(C)(CCCCCC(=O)O)c2ccccc21. The number of para-hydroxylation sites is 2. The van der Waals surface area contributed by atoms with E-state index in [4.69, 9.17) is 10.2 Å².